The van der Waals surface area contributed by atoms with Crippen molar-refractivity contribution < 1.29 is 0 Å². The zero-order valence-corrected chi connectivity index (χ0v) is 33.0. The van der Waals surface area contributed by atoms with Crippen LogP contribution >= 0.6 is 0 Å². The first-order valence-corrected chi connectivity index (χ1v) is 20.0. The van der Waals surface area contributed by atoms with Crippen LogP contribution in [-0.4, -0.2) is 48.2 Å². The number of hydrogen-bond acceptors (Lipinski definition) is 8. The van der Waals surface area contributed by atoms with Crippen molar-refractivity contribution in [3.05, 3.63) is 204 Å². The first kappa shape index (κ1) is 37.9. The van der Waals surface area contributed by atoms with Crippen LogP contribution in [0.25, 0.3) is 22.5 Å². The van der Waals surface area contributed by atoms with Gasteiger partial charge < -0.3 is 10.2 Å². The number of unbranched alkanes of at least 4 members (excludes halogenated alkanes) is 1. The quantitative estimate of drug-likeness (QED) is 0.0973. The third kappa shape index (κ3) is 8.11. The maximum Gasteiger partial charge on any atom is 0.227 e. The van der Waals surface area contributed by atoms with Crippen molar-refractivity contribution in [3.63, 3.8) is 0 Å². The van der Waals surface area contributed by atoms with Gasteiger partial charge in [-0.15, -0.1) is 5.10 Å². The number of nitrogens with zero attached hydrogens (tertiary/aromatic N) is 8. The summed E-state index contributed by atoms with van der Waals surface area (Å²) < 4.78 is 2.00. The highest BCUT2D eigenvalue weighted by Crippen LogP contribution is 2.43. The van der Waals surface area contributed by atoms with Gasteiger partial charge in [-0.2, -0.15) is 4.98 Å². The van der Waals surface area contributed by atoms with Crippen LogP contribution in [0.15, 0.2) is 170 Å². The van der Waals surface area contributed by atoms with Gasteiger partial charge in [-0.3, -0.25) is 4.98 Å². The van der Waals surface area contributed by atoms with Crippen molar-refractivity contribution >= 4 is 11.8 Å². The van der Waals surface area contributed by atoms with E-state index in [2.05, 4.69) is 149 Å². The fourth-order valence-corrected chi connectivity index (χ4v) is 7.67. The van der Waals surface area contributed by atoms with Gasteiger partial charge in [-0.25, -0.2) is 9.67 Å². The molecule has 5 aromatic carbocycles. The average molecular weight is 762 g/mol. The molecule has 0 aliphatic carbocycles. The third-order valence-corrected chi connectivity index (χ3v) is 10.5. The molecule has 0 aliphatic heterocycles. The lowest BCUT2D eigenvalue weighted by Crippen LogP contribution is -2.39. The van der Waals surface area contributed by atoms with Crippen LogP contribution in [0.2, 0.25) is 0 Å². The van der Waals surface area contributed by atoms with Crippen LogP contribution in [0.1, 0.15) is 53.4 Å². The normalized spacial score (nSPS) is 11.3. The van der Waals surface area contributed by atoms with Crippen molar-refractivity contribution in [3.8, 4) is 22.5 Å². The fraction of sp³-hybridized carbons (Fsp3) is 0.184. The van der Waals surface area contributed by atoms with Crippen molar-refractivity contribution in [1.82, 2.24) is 35.2 Å². The summed E-state index contributed by atoms with van der Waals surface area (Å²) >= 11 is 0. The Bertz CT molecular complexity index is 2410. The third-order valence-electron chi connectivity index (χ3n) is 10.5. The zero-order chi connectivity index (χ0) is 39.6. The second kappa shape index (κ2) is 17.9. The lowest BCUT2D eigenvalue weighted by atomic mass is 9.77. The Labute approximate surface area is 340 Å². The average Bonchev–Trinajstić information content (AvgIpc) is 3.77. The molecule has 0 amide bonds. The molecule has 0 saturated carbocycles. The van der Waals surface area contributed by atoms with Gasteiger partial charge in [0.1, 0.15) is 11.4 Å². The van der Waals surface area contributed by atoms with E-state index in [4.69, 9.17) is 20.3 Å². The van der Waals surface area contributed by atoms with Gasteiger partial charge in [0, 0.05) is 55.3 Å². The molecule has 0 fully saturated rings. The highest BCUT2D eigenvalue weighted by atomic mass is 15.6. The molecule has 8 rings (SSSR count). The maximum atomic E-state index is 4.98. The van der Waals surface area contributed by atoms with E-state index in [1.165, 1.54) is 5.56 Å². The number of aryl methyl sites for hydroxylation is 1. The van der Waals surface area contributed by atoms with Gasteiger partial charge in [-0.05, 0) is 69.3 Å². The van der Waals surface area contributed by atoms with Crippen LogP contribution in [0.5, 0.6) is 0 Å². The van der Waals surface area contributed by atoms with Gasteiger partial charge >= 0.3 is 0 Å². The predicted octanol–water partition coefficient (Wildman–Crippen LogP) is 9.80. The van der Waals surface area contributed by atoms with E-state index in [0.717, 1.165) is 88.9 Å². The molecule has 0 radical (unpaired) electrons. The Morgan fingerprint density at radius 2 is 1.29 bits per heavy atom. The molecule has 0 spiro atoms. The van der Waals surface area contributed by atoms with Crippen molar-refractivity contribution in [2.75, 3.05) is 23.3 Å². The summed E-state index contributed by atoms with van der Waals surface area (Å²) in [5.41, 5.74) is 8.52. The number of anilines is 2. The van der Waals surface area contributed by atoms with E-state index in [0.29, 0.717) is 12.4 Å². The molecule has 0 unspecified atom stereocenters. The van der Waals surface area contributed by atoms with Crippen LogP contribution in [0, 0.1) is 6.92 Å². The zero-order valence-electron chi connectivity index (χ0n) is 33.0. The van der Waals surface area contributed by atoms with E-state index in [1.54, 1.807) is 0 Å². The summed E-state index contributed by atoms with van der Waals surface area (Å²) in [7, 11) is 0. The monoisotopic (exact) mass is 761 g/mol. The summed E-state index contributed by atoms with van der Waals surface area (Å²) in [4.78, 5) is 16.6. The van der Waals surface area contributed by atoms with E-state index in [-0.39, 0.29) is 0 Å². The molecule has 3 aromatic heterocycles. The second-order valence-corrected chi connectivity index (χ2v) is 14.4. The minimum absolute atomic E-state index is 0.669. The number of rotatable bonds is 16. The Morgan fingerprint density at radius 1 is 0.672 bits per heavy atom. The molecule has 0 bridgehead atoms. The first-order chi connectivity index (χ1) is 28.6. The molecule has 288 valence electrons. The summed E-state index contributed by atoms with van der Waals surface area (Å²) in [6.07, 6.45) is 4.76. The minimum Gasteiger partial charge on any atom is -0.370 e. The fourth-order valence-electron chi connectivity index (χ4n) is 7.67. The molecular formula is C49H47N9. The van der Waals surface area contributed by atoms with E-state index < -0.39 is 5.54 Å². The summed E-state index contributed by atoms with van der Waals surface area (Å²) in [6.45, 7) is 6.52. The molecule has 58 heavy (non-hydrogen) atoms. The van der Waals surface area contributed by atoms with Crippen LogP contribution in [0.3, 0.4) is 0 Å². The topological polar surface area (TPSA) is 97.5 Å². The van der Waals surface area contributed by atoms with Crippen LogP contribution in [-0.2, 0) is 18.5 Å². The van der Waals surface area contributed by atoms with Crippen molar-refractivity contribution in [2.24, 2.45) is 0 Å². The van der Waals surface area contributed by atoms with Crippen LogP contribution in [0.4, 0.5) is 11.8 Å². The standard InChI is InChI=1S/C49H47N9/c1-3-4-34-57(48-52-37(2)35-46(53-48)51-33-31-43-24-16-17-32-50-43)36-38-27-29-39(30-28-38)44-25-14-15-26-45(44)47-54-55-56-58(47)49(40-18-8-5-9-19-40,41-20-10-6-11-21-41)42-22-12-7-13-23-42/h5-30,32,35H,3-4,31,33-34,36H2,1-2H3,(H,51,52,53). The molecule has 0 aliphatic rings. The Balaban J connectivity index is 1.12. The highest BCUT2D eigenvalue weighted by Gasteiger charge is 2.42. The summed E-state index contributed by atoms with van der Waals surface area (Å²) in [6, 6.07) is 56.7. The number of aromatic nitrogens is 7. The highest BCUT2D eigenvalue weighted by molar-refractivity contribution is 5.81. The molecular weight excluding hydrogens is 715 g/mol. The smallest absolute Gasteiger partial charge is 0.227 e. The largest absolute Gasteiger partial charge is 0.370 e. The number of benzene rings is 5. The lowest BCUT2D eigenvalue weighted by molar-refractivity contribution is 0.451. The summed E-state index contributed by atoms with van der Waals surface area (Å²) in [5, 5.41) is 17.4. The number of tetrazole rings is 1. The summed E-state index contributed by atoms with van der Waals surface area (Å²) in [5.74, 6) is 2.22. The Kier molecular flexibility index (Phi) is 11.7. The molecule has 0 saturated heterocycles. The van der Waals surface area contributed by atoms with E-state index >= 15 is 0 Å². The minimum atomic E-state index is -0.853. The van der Waals surface area contributed by atoms with Crippen molar-refractivity contribution in [2.45, 2.75) is 45.2 Å². The predicted molar refractivity (Wildman–Crippen MR) is 232 cm³/mol. The molecule has 8 aromatic rings. The first-order valence-electron chi connectivity index (χ1n) is 20.0. The van der Waals surface area contributed by atoms with Gasteiger partial charge in [0.05, 0.1) is 0 Å². The van der Waals surface area contributed by atoms with Gasteiger partial charge in [0.25, 0.3) is 0 Å². The molecule has 9 heteroatoms. The SMILES string of the molecule is CCCCN(Cc1ccc(-c2ccccc2-c2nnnn2C(c2ccccc2)(c2ccccc2)c2ccccc2)cc1)c1nc(C)cc(NCCc2ccccn2)n1. The van der Waals surface area contributed by atoms with Gasteiger partial charge in [0.2, 0.25) is 5.95 Å². The van der Waals surface area contributed by atoms with E-state index in [9.17, 15) is 0 Å². The number of hydrogen-bond donors (Lipinski definition) is 1. The lowest BCUT2D eigenvalue weighted by Gasteiger charge is -2.36. The van der Waals surface area contributed by atoms with Gasteiger partial charge in [0.15, 0.2) is 5.82 Å². The second-order valence-electron chi connectivity index (χ2n) is 14.4. The maximum absolute atomic E-state index is 4.98. The van der Waals surface area contributed by atoms with E-state index in [1.807, 2.05) is 60.3 Å². The molecule has 0 atom stereocenters. The molecule has 3 heterocycles. The number of nitrogens with one attached hydrogen (secondary N) is 1. The molecule has 1 N–H and O–H groups in total. The molecule has 9 nitrogen and oxygen atoms in total. The Hall–Kier alpha value is -7.00. The Morgan fingerprint density at radius 3 is 1.91 bits per heavy atom. The van der Waals surface area contributed by atoms with Gasteiger partial charge in [-0.1, -0.05) is 159 Å². The van der Waals surface area contributed by atoms with Crippen molar-refractivity contribution in [1.29, 1.82) is 0 Å². The number of pyridine rings is 1. The van der Waals surface area contributed by atoms with Crippen LogP contribution < -0.4 is 10.2 Å².